The van der Waals surface area contributed by atoms with Crippen molar-refractivity contribution in [3.63, 3.8) is 0 Å². The summed E-state index contributed by atoms with van der Waals surface area (Å²) in [5, 5.41) is 9.32. The quantitative estimate of drug-likeness (QED) is 0.582. The zero-order chi connectivity index (χ0) is 9.46. The molecule has 0 aromatic carbocycles. The third-order valence-corrected chi connectivity index (χ3v) is 2.68. The van der Waals surface area contributed by atoms with Gasteiger partial charge < -0.3 is 5.11 Å². The lowest BCUT2D eigenvalue weighted by molar-refractivity contribution is -0.134. The molecule has 6 heteroatoms. The first-order valence-electron chi connectivity index (χ1n) is 3.33. The maximum atomic E-state index is 11.2. The summed E-state index contributed by atoms with van der Waals surface area (Å²) >= 11 is 2.99. The molecule has 5 nitrogen and oxygen atoms in total. The van der Waals surface area contributed by atoms with Crippen LogP contribution in [0.4, 0.5) is 4.79 Å². The summed E-state index contributed by atoms with van der Waals surface area (Å²) in [6.07, 6.45) is -1.08. The normalized spacial score (nSPS) is 31.3. The predicted molar refractivity (Wildman–Crippen MR) is 44.7 cm³/mol. The van der Waals surface area contributed by atoms with Crippen LogP contribution in [0.1, 0.15) is 0 Å². The Hall–Kier alpha value is -0.620. The van der Waals surface area contributed by atoms with Crippen molar-refractivity contribution in [2.24, 2.45) is 0 Å². The molecule has 1 fully saturated rings. The molecule has 1 heterocycles. The van der Waals surface area contributed by atoms with Crippen LogP contribution in [0, 0.1) is 0 Å². The van der Waals surface area contributed by atoms with E-state index in [1.807, 2.05) is 0 Å². The van der Waals surface area contributed by atoms with Gasteiger partial charge in [0, 0.05) is 14.1 Å². The molecule has 12 heavy (non-hydrogen) atoms. The summed E-state index contributed by atoms with van der Waals surface area (Å²) in [6.45, 7) is 0. The summed E-state index contributed by atoms with van der Waals surface area (Å²) < 4.78 is 0. The standard InChI is InChI=1S/C6H9BrN2O3/c1-8-4(10)3(7)5(11)9(2)6(8)12/h3-4,10H,1-2H3/t3-,4-/m0/s1. The van der Waals surface area contributed by atoms with Crippen LogP contribution in [0.25, 0.3) is 0 Å². The molecule has 1 saturated heterocycles. The van der Waals surface area contributed by atoms with Crippen LogP contribution < -0.4 is 0 Å². The lowest BCUT2D eigenvalue weighted by Gasteiger charge is -2.36. The third-order valence-electron chi connectivity index (χ3n) is 1.81. The number of urea groups is 1. The van der Waals surface area contributed by atoms with Crippen molar-refractivity contribution in [2.45, 2.75) is 11.1 Å². The molecular formula is C6H9BrN2O3. The monoisotopic (exact) mass is 236 g/mol. The van der Waals surface area contributed by atoms with Crippen molar-refractivity contribution in [3.8, 4) is 0 Å². The number of amides is 3. The maximum absolute atomic E-state index is 11.2. The molecule has 1 aliphatic heterocycles. The molecule has 0 bridgehead atoms. The van der Waals surface area contributed by atoms with E-state index in [1.54, 1.807) is 0 Å². The number of imide groups is 1. The smallest absolute Gasteiger partial charge is 0.328 e. The highest BCUT2D eigenvalue weighted by molar-refractivity contribution is 9.10. The summed E-state index contributed by atoms with van der Waals surface area (Å²) in [5.74, 6) is -0.425. The second kappa shape index (κ2) is 3.02. The zero-order valence-corrected chi connectivity index (χ0v) is 8.28. The van der Waals surface area contributed by atoms with Gasteiger partial charge in [0.25, 0.3) is 0 Å². The minimum atomic E-state index is -1.08. The third kappa shape index (κ3) is 1.21. The van der Waals surface area contributed by atoms with Gasteiger partial charge in [0.05, 0.1) is 0 Å². The van der Waals surface area contributed by atoms with Crippen LogP contribution in [0.2, 0.25) is 0 Å². The number of carbonyl (C=O) groups is 2. The SMILES string of the molecule is CN1C(=O)[C@@H](Br)[C@H](O)N(C)C1=O. The first-order valence-corrected chi connectivity index (χ1v) is 4.25. The molecule has 1 N–H and O–H groups in total. The number of rotatable bonds is 0. The minimum absolute atomic E-state index is 0.425. The van der Waals surface area contributed by atoms with Gasteiger partial charge in [-0.3, -0.25) is 14.6 Å². The van der Waals surface area contributed by atoms with Crippen LogP contribution in [0.15, 0.2) is 0 Å². The Labute approximate surface area is 78.1 Å². The number of aliphatic hydroxyl groups excluding tert-OH is 1. The van der Waals surface area contributed by atoms with E-state index in [9.17, 15) is 14.7 Å². The molecule has 0 aromatic rings. The Morgan fingerprint density at radius 3 is 2.42 bits per heavy atom. The summed E-state index contributed by atoms with van der Waals surface area (Å²) in [6, 6.07) is -0.497. The molecule has 0 aliphatic carbocycles. The highest BCUT2D eigenvalue weighted by Gasteiger charge is 2.40. The average molecular weight is 237 g/mol. The van der Waals surface area contributed by atoms with Gasteiger partial charge >= 0.3 is 6.03 Å². The topological polar surface area (TPSA) is 60.9 Å². The Bertz CT molecular complexity index is 211. The highest BCUT2D eigenvalue weighted by atomic mass is 79.9. The number of nitrogens with zero attached hydrogens (tertiary/aromatic N) is 2. The number of hydrogen-bond acceptors (Lipinski definition) is 3. The van der Waals surface area contributed by atoms with Gasteiger partial charge in [-0.2, -0.15) is 0 Å². The van der Waals surface area contributed by atoms with E-state index in [1.165, 1.54) is 14.1 Å². The summed E-state index contributed by atoms with van der Waals surface area (Å²) in [5.41, 5.74) is 0. The Morgan fingerprint density at radius 2 is 1.92 bits per heavy atom. The number of alkyl halides is 1. The molecule has 0 saturated carbocycles. The van der Waals surface area contributed by atoms with Gasteiger partial charge in [-0.05, 0) is 0 Å². The van der Waals surface area contributed by atoms with Crippen molar-refractivity contribution in [2.75, 3.05) is 14.1 Å². The number of carbonyl (C=O) groups excluding carboxylic acids is 2. The summed E-state index contributed by atoms with van der Waals surface area (Å²) in [4.78, 5) is 23.6. The van der Waals surface area contributed by atoms with Crippen molar-refractivity contribution in [3.05, 3.63) is 0 Å². The van der Waals surface area contributed by atoms with Crippen LogP contribution in [-0.2, 0) is 4.79 Å². The molecule has 68 valence electrons. The fourth-order valence-corrected chi connectivity index (χ4v) is 1.61. The Morgan fingerprint density at radius 1 is 1.42 bits per heavy atom. The van der Waals surface area contributed by atoms with E-state index >= 15 is 0 Å². The lowest BCUT2D eigenvalue weighted by Crippen LogP contribution is -2.59. The molecule has 0 aromatic heterocycles. The summed E-state index contributed by atoms with van der Waals surface area (Å²) in [7, 11) is 2.81. The van der Waals surface area contributed by atoms with Gasteiger partial charge in [0.2, 0.25) is 5.91 Å². The number of hydrogen-bond donors (Lipinski definition) is 1. The second-order valence-electron chi connectivity index (χ2n) is 2.61. The fraction of sp³-hybridized carbons (Fsp3) is 0.667. The first kappa shape index (κ1) is 9.47. The van der Waals surface area contributed by atoms with Gasteiger partial charge in [0.15, 0.2) is 6.23 Å². The Balaban J connectivity index is 2.91. The maximum Gasteiger partial charge on any atom is 0.328 e. The second-order valence-corrected chi connectivity index (χ2v) is 3.59. The van der Waals surface area contributed by atoms with Crippen LogP contribution in [-0.4, -0.2) is 52.0 Å². The van der Waals surface area contributed by atoms with E-state index in [0.29, 0.717) is 0 Å². The van der Waals surface area contributed by atoms with E-state index in [2.05, 4.69) is 15.9 Å². The molecule has 2 atom stereocenters. The van der Waals surface area contributed by atoms with E-state index in [4.69, 9.17) is 0 Å². The lowest BCUT2D eigenvalue weighted by atomic mass is 10.2. The van der Waals surface area contributed by atoms with Gasteiger partial charge in [-0.25, -0.2) is 4.79 Å². The van der Waals surface area contributed by atoms with Crippen molar-refractivity contribution < 1.29 is 14.7 Å². The molecule has 1 aliphatic rings. The molecular weight excluding hydrogens is 228 g/mol. The van der Waals surface area contributed by atoms with Gasteiger partial charge in [-0.15, -0.1) is 0 Å². The van der Waals surface area contributed by atoms with Crippen LogP contribution in [0.3, 0.4) is 0 Å². The van der Waals surface area contributed by atoms with E-state index < -0.39 is 23.0 Å². The molecule has 0 radical (unpaired) electrons. The fourth-order valence-electron chi connectivity index (χ4n) is 0.953. The zero-order valence-electron chi connectivity index (χ0n) is 6.69. The predicted octanol–water partition coefficient (Wildman–Crippen LogP) is -0.408. The van der Waals surface area contributed by atoms with Crippen molar-refractivity contribution in [1.82, 2.24) is 9.80 Å². The number of halogens is 1. The van der Waals surface area contributed by atoms with Crippen molar-refractivity contribution >= 4 is 27.9 Å². The van der Waals surface area contributed by atoms with Gasteiger partial charge in [0.1, 0.15) is 4.83 Å². The molecule has 0 unspecified atom stereocenters. The first-order chi connectivity index (χ1) is 5.46. The molecule has 0 spiro atoms. The highest BCUT2D eigenvalue weighted by Crippen LogP contribution is 2.18. The molecule has 3 amide bonds. The number of aliphatic hydroxyl groups is 1. The van der Waals surface area contributed by atoms with Crippen LogP contribution >= 0.6 is 15.9 Å². The van der Waals surface area contributed by atoms with Crippen LogP contribution in [0.5, 0.6) is 0 Å². The minimum Gasteiger partial charge on any atom is -0.372 e. The largest absolute Gasteiger partial charge is 0.372 e. The average Bonchev–Trinajstić information content (AvgIpc) is 2.08. The Kier molecular flexibility index (Phi) is 2.39. The van der Waals surface area contributed by atoms with Gasteiger partial charge in [-0.1, -0.05) is 15.9 Å². The molecule has 1 rings (SSSR count). The van der Waals surface area contributed by atoms with E-state index in [-0.39, 0.29) is 0 Å². The van der Waals surface area contributed by atoms with Crippen molar-refractivity contribution in [1.29, 1.82) is 0 Å². The van der Waals surface area contributed by atoms with E-state index in [0.717, 1.165) is 9.80 Å².